The molecule has 9 rings (SSSR count). The number of benzene rings is 9. The smallest absolute Gasteiger partial charge is 0.0645 e. The van der Waals surface area contributed by atoms with Crippen LogP contribution in [-0.4, -0.2) is 0 Å². The number of hydrogen-bond acceptors (Lipinski definition) is 1. The number of fused-ring (bicyclic) bond motifs is 2. The Kier molecular flexibility index (Phi) is 3.72. The van der Waals surface area contributed by atoms with Gasteiger partial charge in [0.2, 0.25) is 0 Å². The van der Waals surface area contributed by atoms with Crippen LogP contribution >= 0.6 is 0 Å². The van der Waals surface area contributed by atoms with Crippen LogP contribution in [0.2, 0.25) is 0 Å². The molecule has 1 heteroatoms. The molecule has 0 saturated heterocycles. The van der Waals surface area contributed by atoms with Gasteiger partial charge in [-0.2, -0.15) is 0 Å². The molecule has 0 aliphatic carbocycles. The maximum absolute atomic E-state index is 9.70. The summed E-state index contributed by atoms with van der Waals surface area (Å²) in [6.45, 7) is 0. The molecule has 0 aliphatic heterocycles. The van der Waals surface area contributed by atoms with Crippen molar-refractivity contribution >= 4 is 38.6 Å². The van der Waals surface area contributed by atoms with E-state index in [9.17, 15) is 16.4 Å². The summed E-state index contributed by atoms with van der Waals surface area (Å²) in [5.41, 5.74) is -4.92. The van der Waals surface area contributed by atoms with E-state index in [0.29, 0.717) is 21.4 Å². The molecule has 0 saturated carbocycles. The van der Waals surface area contributed by atoms with E-state index in [1.807, 2.05) is 18.2 Å². The molecule has 0 aromatic heterocycles. The molecule has 0 aliphatic rings. The van der Waals surface area contributed by atoms with E-state index in [2.05, 4.69) is 0 Å². The fourth-order valence-electron chi connectivity index (χ4n) is 5.74. The Labute approximate surface area is 333 Å². The molecule has 240 valence electrons. The lowest BCUT2D eigenvalue weighted by Crippen LogP contribution is -2.09. The van der Waals surface area contributed by atoms with Gasteiger partial charge in [0.05, 0.1) is 32.9 Å². The molecule has 9 aromatic rings. The van der Waals surface area contributed by atoms with Crippen molar-refractivity contribution in [3.63, 3.8) is 0 Å². The van der Waals surface area contributed by atoms with Crippen molar-refractivity contribution < 1.29 is 32.9 Å². The molecule has 0 radical (unpaired) electrons. The van der Waals surface area contributed by atoms with Gasteiger partial charge in [0, 0.05) is 17.1 Å². The Morgan fingerprint density at radius 1 is 0.314 bits per heavy atom. The normalized spacial score (nSPS) is 17.7. The largest absolute Gasteiger partial charge is 0.311 e. The van der Waals surface area contributed by atoms with E-state index in [4.69, 9.17) is 16.4 Å². The zero-order valence-electron chi connectivity index (χ0n) is 50.3. The van der Waals surface area contributed by atoms with Crippen molar-refractivity contribution in [2.45, 2.75) is 0 Å². The van der Waals surface area contributed by atoms with Crippen LogP contribution in [0.3, 0.4) is 0 Å². The van der Waals surface area contributed by atoms with Crippen LogP contribution in [0.15, 0.2) is 212 Å². The lowest BCUT2D eigenvalue weighted by molar-refractivity contribution is 1.28. The van der Waals surface area contributed by atoms with Crippen LogP contribution in [0.25, 0.3) is 66.1 Å². The van der Waals surface area contributed by atoms with Crippen LogP contribution in [0.4, 0.5) is 17.1 Å². The molecular weight excluding hydrogens is 615 g/mol. The topological polar surface area (TPSA) is 3.24 Å². The van der Waals surface area contributed by atoms with Gasteiger partial charge in [-0.25, -0.2) is 0 Å². The number of hydrogen-bond donors (Lipinski definition) is 0. The molecule has 0 fully saturated rings. The van der Waals surface area contributed by atoms with Gasteiger partial charge in [-0.15, -0.1) is 0 Å². The van der Waals surface area contributed by atoms with Gasteiger partial charge in [-0.1, -0.05) is 175 Å². The van der Waals surface area contributed by atoms with E-state index in [0.717, 1.165) is 5.39 Å². The third-order valence-corrected chi connectivity index (χ3v) is 8.08. The SMILES string of the molecule is [2H]c1c([2H])c([2H])c(-c2c([2H])c([2H])c(N(c3c([2H])c([2H])c(-c4ccc5ccccc5c4-c4ccccc4)c([2H])c3[2H])c3c([2H])c([2H])c(-c4c([2H])c([2H])c([2H])c5c([2H])c([2H])c([2H])c([2H])c45)c([2H])c3[2H])c([2H])c2[2H])c([2H])c1[2H]. The summed E-state index contributed by atoms with van der Waals surface area (Å²) in [6.07, 6.45) is 0. The van der Waals surface area contributed by atoms with E-state index in [-0.39, 0.29) is 11.1 Å². The van der Waals surface area contributed by atoms with Crippen molar-refractivity contribution in [2.24, 2.45) is 0 Å². The lowest BCUT2D eigenvalue weighted by atomic mass is 9.90. The summed E-state index contributed by atoms with van der Waals surface area (Å²) in [5, 5.41) is 0.261. The highest BCUT2D eigenvalue weighted by Gasteiger charge is 2.16. The zero-order valence-corrected chi connectivity index (χ0v) is 26.3. The number of anilines is 3. The molecule has 51 heavy (non-hydrogen) atoms. The van der Waals surface area contributed by atoms with Crippen LogP contribution in [-0.2, 0) is 0 Å². The van der Waals surface area contributed by atoms with Crippen molar-refractivity contribution in [3.8, 4) is 44.5 Å². The zero-order chi connectivity index (χ0) is 54.9. The van der Waals surface area contributed by atoms with Crippen molar-refractivity contribution in [2.75, 3.05) is 4.90 Å². The maximum atomic E-state index is 9.70. The van der Waals surface area contributed by atoms with E-state index in [1.54, 1.807) is 48.5 Å². The average molecular weight is 674 g/mol. The van der Waals surface area contributed by atoms with Crippen molar-refractivity contribution in [1.29, 1.82) is 0 Å². The van der Waals surface area contributed by atoms with E-state index >= 15 is 0 Å². The highest BCUT2D eigenvalue weighted by molar-refractivity contribution is 6.04. The first-order valence-corrected chi connectivity index (χ1v) is 15.6. The third-order valence-electron chi connectivity index (χ3n) is 8.08. The monoisotopic (exact) mass is 673 g/mol. The first-order valence-electron chi connectivity index (χ1n) is 27.6. The minimum atomic E-state index is -1.16. The molecular formula is C50H35N. The molecule has 0 unspecified atom stereocenters. The van der Waals surface area contributed by atoms with Gasteiger partial charge in [0.15, 0.2) is 0 Å². The summed E-state index contributed by atoms with van der Waals surface area (Å²) in [6, 6.07) is -3.23. The highest BCUT2D eigenvalue weighted by atomic mass is 15.1. The Hall–Kier alpha value is -6.70. The maximum Gasteiger partial charge on any atom is 0.0645 e. The molecule has 1 nitrogen and oxygen atoms in total. The van der Waals surface area contributed by atoms with Crippen LogP contribution in [0, 0.1) is 0 Å². The van der Waals surface area contributed by atoms with Crippen molar-refractivity contribution in [3.05, 3.63) is 212 Å². The molecule has 0 amide bonds. The predicted molar refractivity (Wildman–Crippen MR) is 218 cm³/mol. The van der Waals surface area contributed by atoms with Crippen LogP contribution < -0.4 is 4.90 Å². The Morgan fingerprint density at radius 2 is 0.863 bits per heavy atom. The first kappa shape index (κ1) is 14.3. The van der Waals surface area contributed by atoms with Crippen LogP contribution in [0.1, 0.15) is 32.9 Å². The third kappa shape index (κ3) is 5.86. The van der Waals surface area contributed by atoms with Gasteiger partial charge in [-0.05, 0) is 102 Å². The quantitative estimate of drug-likeness (QED) is 0.163. The first-order chi connectivity index (χ1) is 35.3. The second-order valence-corrected chi connectivity index (χ2v) is 11.1. The Bertz CT molecular complexity index is 3880. The van der Waals surface area contributed by atoms with Gasteiger partial charge in [-0.3, -0.25) is 0 Å². The molecule has 0 bridgehead atoms. The summed E-state index contributed by atoms with van der Waals surface area (Å²) < 4.78 is 216. The van der Waals surface area contributed by atoms with Crippen LogP contribution in [0.5, 0.6) is 0 Å². The molecule has 0 heterocycles. The van der Waals surface area contributed by atoms with Gasteiger partial charge >= 0.3 is 0 Å². The number of rotatable bonds is 7. The molecule has 0 spiro atoms. The fraction of sp³-hybridized carbons (Fsp3) is 0. The summed E-state index contributed by atoms with van der Waals surface area (Å²) in [5.74, 6) is 0. The van der Waals surface area contributed by atoms with Crippen molar-refractivity contribution in [1.82, 2.24) is 0 Å². The minimum absolute atomic E-state index is 0.222. The van der Waals surface area contributed by atoms with Gasteiger partial charge < -0.3 is 4.90 Å². The standard InChI is InChI=1S/C50H35N/c1-3-12-36(13-4-1)37-22-29-43(30-23-37)51(44-31-24-40(25-32-44)47-21-11-18-38-14-7-9-19-46(38)47)45-33-26-41(27-34-45)49-35-28-39-15-8-10-20-48(39)50(49)42-16-5-2-6-17-42/h1-35H/i1D,3D,4D,7D,9D,11D,12D,13D,14D,18D,19D,21D,22D,23D,24D,25D,26D,27D,29D,30D,31D,32D,33D,34D. The van der Waals surface area contributed by atoms with E-state index in [1.165, 1.54) is 0 Å². The predicted octanol–water partition coefficient (Wildman–Crippen LogP) is 14.1. The Morgan fingerprint density at radius 3 is 1.57 bits per heavy atom. The number of nitrogens with zero attached hydrogens (tertiary/aromatic N) is 1. The highest BCUT2D eigenvalue weighted by Crippen LogP contribution is 2.41. The lowest BCUT2D eigenvalue weighted by Gasteiger charge is -2.26. The van der Waals surface area contributed by atoms with Gasteiger partial charge in [0.25, 0.3) is 0 Å². The second kappa shape index (κ2) is 13.3. The van der Waals surface area contributed by atoms with Gasteiger partial charge in [0.1, 0.15) is 0 Å². The second-order valence-electron chi connectivity index (χ2n) is 11.1. The summed E-state index contributed by atoms with van der Waals surface area (Å²) in [4.78, 5) is 0.481. The minimum Gasteiger partial charge on any atom is -0.311 e. The average Bonchev–Trinajstić information content (AvgIpc) is 3.40. The fourth-order valence-corrected chi connectivity index (χ4v) is 5.74. The molecule has 9 aromatic carbocycles. The summed E-state index contributed by atoms with van der Waals surface area (Å²) in [7, 11) is 0. The van der Waals surface area contributed by atoms with E-state index < -0.39 is 195 Å². The molecule has 0 N–H and O–H groups in total. The Balaban J connectivity index is 1.43. The molecule has 0 atom stereocenters. The summed E-state index contributed by atoms with van der Waals surface area (Å²) >= 11 is 0.